The lowest BCUT2D eigenvalue weighted by atomic mass is 10.2. The van der Waals surface area contributed by atoms with Gasteiger partial charge in [-0.2, -0.15) is 8.42 Å². The monoisotopic (exact) mass is 274 g/mol. The van der Waals surface area contributed by atoms with E-state index in [2.05, 4.69) is 0 Å². The fraction of sp³-hybridized carbons (Fsp3) is 0.364. The van der Waals surface area contributed by atoms with Crippen LogP contribution in [0, 0.1) is 0 Å². The summed E-state index contributed by atoms with van der Waals surface area (Å²) in [5, 5.41) is 0. The molecule has 0 aromatic heterocycles. The average molecular weight is 274 g/mol. The predicted octanol–water partition coefficient (Wildman–Crippen LogP) is 2.26. The van der Waals surface area contributed by atoms with Crippen molar-refractivity contribution in [1.82, 2.24) is 0 Å². The van der Waals surface area contributed by atoms with Crippen molar-refractivity contribution in [3.8, 4) is 0 Å². The number of benzene rings is 1. The molecule has 0 aliphatic carbocycles. The van der Waals surface area contributed by atoms with Crippen LogP contribution in [0.3, 0.4) is 0 Å². The summed E-state index contributed by atoms with van der Waals surface area (Å²) in [5.74, 6) is 0.605. The lowest BCUT2D eigenvalue weighted by Crippen LogP contribution is -2.03. The van der Waals surface area contributed by atoms with Crippen LogP contribution in [-0.4, -0.2) is 30.8 Å². The van der Waals surface area contributed by atoms with Crippen LogP contribution in [0.25, 0.3) is 0 Å². The molecular weight excluding hydrogens is 260 g/mol. The smallest absolute Gasteiger partial charge is 0.264 e. The van der Waals surface area contributed by atoms with Gasteiger partial charge in [0, 0.05) is 10.5 Å². The van der Waals surface area contributed by atoms with E-state index in [4.69, 9.17) is 4.55 Å². The Bertz CT molecular complexity index is 451. The van der Waals surface area contributed by atoms with Gasteiger partial charge >= 0.3 is 0 Å². The summed E-state index contributed by atoms with van der Waals surface area (Å²) in [7, 11) is -3.83. The Morgan fingerprint density at radius 1 is 1.18 bits per heavy atom. The number of unbranched alkanes of at least 4 members (excludes halogenated alkanes) is 1. The SMILES string of the molecule is O=Cc1ccc(SCCCCS(=O)(=O)O)cc1. The number of thioether (sulfide) groups is 1. The van der Waals surface area contributed by atoms with Gasteiger partial charge in [0.2, 0.25) is 0 Å². The highest BCUT2D eigenvalue weighted by Crippen LogP contribution is 2.19. The van der Waals surface area contributed by atoms with Gasteiger partial charge in [0.1, 0.15) is 6.29 Å². The van der Waals surface area contributed by atoms with Crippen molar-refractivity contribution in [3.05, 3.63) is 29.8 Å². The summed E-state index contributed by atoms with van der Waals surface area (Å²) in [6.45, 7) is 0. The molecular formula is C11H14O4S2. The maximum Gasteiger partial charge on any atom is 0.264 e. The van der Waals surface area contributed by atoms with Gasteiger partial charge < -0.3 is 0 Å². The topological polar surface area (TPSA) is 71.4 Å². The molecule has 4 nitrogen and oxygen atoms in total. The van der Waals surface area contributed by atoms with Crippen LogP contribution in [-0.2, 0) is 10.1 Å². The third-order valence-corrected chi connectivity index (χ3v) is 3.98. The molecule has 94 valence electrons. The summed E-state index contributed by atoms with van der Waals surface area (Å²) in [4.78, 5) is 11.5. The van der Waals surface area contributed by atoms with Crippen LogP contribution < -0.4 is 0 Å². The minimum atomic E-state index is -3.83. The fourth-order valence-electron chi connectivity index (χ4n) is 1.22. The quantitative estimate of drug-likeness (QED) is 0.357. The Hall–Kier alpha value is -0.850. The molecule has 0 aliphatic rings. The molecule has 1 N–H and O–H groups in total. The van der Waals surface area contributed by atoms with Crippen molar-refractivity contribution in [3.63, 3.8) is 0 Å². The maximum absolute atomic E-state index is 10.5. The van der Waals surface area contributed by atoms with E-state index >= 15 is 0 Å². The number of aldehydes is 1. The third kappa shape index (κ3) is 6.45. The van der Waals surface area contributed by atoms with Crippen LogP contribution in [0.1, 0.15) is 23.2 Å². The van der Waals surface area contributed by atoms with Crippen LogP contribution in [0.4, 0.5) is 0 Å². The second-order valence-corrected chi connectivity index (χ2v) is 6.27. The summed E-state index contributed by atoms with van der Waals surface area (Å²) in [5.41, 5.74) is 0.640. The summed E-state index contributed by atoms with van der Waals surface area (Å²) < 4.78 is 29.4. The molecule has 0 saturated carbocycles. The Labute approximate surface area is 105 Å². The number of hydrogen-bond donors (Lipinski definition) is 1. The minimum absolute atomic E-state index is 0.183. The van der Waals surface area contributed by atoms with E-state index in [9.17, 15) is 13.2 Å². The van der Waals surface area contributed by atoms with Gasteiger partial charge in [-0.3, -0.25) is 9.35 Å². The van der Waals surface area contributed by atoms with Gasteiger partial charge in [-0.25, -0.2) is 0 Å². The molecule has 1 rings (SSSR count). The first-order chi connectivity index (χ1) is 8.01. The third-order valence-electron chi connectivity index (χ3n) is 2.08. The second-order valence-electron chi connectivity index (χ2n) is 3.53. The zero-order chi connectivity index (χ0) is 12.7. The number of hydrogen-bond acceptors (Lipinski definition) is 4. The molecule has 0 atom stereocenters. The largest absolute Gasteiger partial charge is 0.298 e. The molecule has 0 fully saturated rings. The molecule has 6 heteroatoms. The molecule has 0 heterocycles. The molecule has 0 aliphatic heterocycles. The van der Waals surface area contributed by atoms with E-state index in [1.54, 1.807) is 23.9 Å². The Morgan fingerprint density at radius 2 is 1.82 bits per heavy atom. The lowest BCUT2D eigenvalue weighted by Gasteiger charge is -2.01. The Morgan fingerprint density at radius 3 is 2.35 bits per heavy atom. The van der Waals surface area contributed by atoms with E-state index in [1.807, 2.05) is 12.1 Å². The van der Waals surface area contributed by atoms with Crippen LogP contribution in [0.2, 0.25) is 0 Å². The van der Waals surface area contributed by atoms with E-state index in [1.165, 1.54) is 0 Å². The van der Waals surface area contributed by atoms with Crippen molar-refractivity contribution < 1.29 is 17.8 Å². The summed E-state index contributed by atoms with van der Waals surface area (Å²) >= 11 is 1.60. The van der Waals surface area contributed by atoms with Gasteiger partial charge in [-0.15, -0.1) is 11.8 Å². The van der Waals surface area contributed by atoms with E-state index in [0.717, 1.165) is 23.4 Å². The molecule has 0 spiro atoms. The fourth-order valence-corrected chi connectivity index (χ4v) is 2.70. The number of carbonyl (C=O) groups is 1. The lowest BCUT2D eigenvalue weighted by molar-refractivity contribution is 0.112. The van der Waals surface area contributed by atoms with E-state index < -0.39 is 10.1 Å². The molecule has 17 heavy (non-hydrogen) atoms. The molecule has 0 saturated heterocycles. The van der Waals surface area contributed by atoms with Gasteiger partial charge in [-0.1, -0.05) is 12.1 Å². The molecule has 0 amide bonds. The first kappa shape index (κ1) is 14.2. The van der Waals surface area contributed by atoms with Crippen molar-refractivity contribution in [2.24, 2.45) is 0 Å². The first-order valence-electron chi connectivity index (χ1n) is 5.14. The number of rotatable bonds is 7. The van der Waals surface area contributed by atoms with Gasteiger partial charge in [-0.05, 0) is 30.7 Å². The highest BCUT2D eigenvalue weighted by molar-refractivity contribution is 7.99. The predicted molar refractivity (Wildman–Crippen MR) is 68.2 cm³/mol. The van der Waals surface area contributed by atoms with Gasteiger partial charge in [0.05, 0.1) is 5.75 Å². The Kier molecular flexibility index (Phi) is 5.67. The van der Waals surface area contributed by atoms with Crippen LogP contribution >= 0.6 is 11.8 Å². The van der Waals surface area contributed by atoms with E-state index in [0.29, 0.717) is 12.0 Å². The van der Waals surface area contributed by atoms with E-state index in [-0.39, 0.29) is 5.75 Å². The highest BCUT2D eigenvalue weighted by Gasteiger charge is 2.03. The molecule has 1 aromatic carbocycles. The molecule has 0 radical (unpaired) electrons. The standard InChI is InChI=1S/C11H14O4S2/c12-9-10-3-5-11(6-4-10)16-7-1-2-8-17(13,14)15/h3-6,9H,1-2,7-8H2,(H,13,14,15). The second kappa shape index (κ2) is 6.78. The van der Waals surface area contributed by atoms with Crippen LogP contribution in [0.15, 0.2) is 29.2 Å². The molecule has 0 unspecified atom stereocenters. The normalized spacial score (nSPS) is 11.4. The van der Waals surface area contributed by atoms with Gasteiger partial charge in [0.25, 0.3) is 10.1 Å². The van der Waals surface area contributed by atoms with Crippen molar-refractivity contribution in [1.29, 1.82) is 0 Å². The minimum Gasteiger partial charge on any atom is -0.298 e. The van der Waals surface area contributed by atoms with Crippen LogP contribution in [0.5, 0.6) is 0 Å². The Balaban J connectivity index is 2.24. The number of carbonyl (C=O) groups excluding carboxylic acids is 1. The zero-order valence-electron chi connectivity index (χ0n) is 9.20. The molecule has 1 aromatic rings. The van der Waals surface area contributed by atoms with Crippen molar-refractivity contribution >= 4 is 28.2 Å². The highest BCUT2D eigenvalue weighted by atomic mass is 32.2. The summed E-state index contributed by atoms with van der Waals surface area (Å²) in [6, 6.07) is 7.20. The van der Waals surface area contributed by atoms with Crippen molar-refractivity contribution in [2.45, 2.75) is 17.7 Å². The molecule has 0 bridgehead atoms. The average Bonchev–Trinajstić information content (AvgIpc) is 2.28. The maximum atomic E-state index is 10.5. The summed E-state index contributed by atoms with van der Waals surface area (Å²) in [6.07, 6.45) is 1.97. The van der Waals surface area contributed by atoms with Crippen molar-refractivity contribution in [2.75, 3.05) is 11.5 Å². The zero-order valence-corrected chi connectivity index (χ0v) is 10.8. The van der Waals surface area contributed by atoms with Gasteiger partial charge in [0.15, 0.2) is 0 Å². The first-order valence-corrected chi connectivity index (χ1v) is 7.74.